The smallest absolute Gasteiger partial charge is 0.269 e. The Morgan fingerprint density at radius 3 is 2.62 bits per heavy atom. The molecule has 0 saturated heterocycles. The summed E-state index contributed by atoms with van der Waals surface area (Å²) in [6, 6.07) is 6.34. The summed E-state index contributed by atoms with van der Waals surface area (Å²) in [7, 11) is 3.52. The topological polar surface area (TPSA) is 82.9 Å². The van der Waals surface area contributed by atoms with Gasteiger partial charge in [0.05, 0.1) is 18.1 Å². The van der Waals surface area contributed by atoms with Crippen molar-refractivity contribution in [1.82, 2.24) is 5.32 Å². The summed E-state index contributed by atoms with van der Waals surface area (Å²) in [6.07, 6.45) is 0.742. The predicted molar refractivity (Wildman–Crippen MR) is 76.6 cm³/mol. The average Bonchev–Trinajstić information content (AvgIpc) is 2.48. The van der Waals surface area contributed by atoms with Gasteiger partial charge < -0.3 is 19.5 Å². The first kappa shape index (κ1) is 15.7. The molecule has 0 aliphatic heterocycles. The second-order valence-corrected chi connectivity index (χ2v) is 4.87. The Morgan fingerprint density at radius 2 is 2.05 bits per heavy atom. The molecular formula is C14H20N2O5. The van der Waals surface area contributed by atoms with Gasteiger partial charge in [-0.2, -0.15) is 0 Å². The molecule has 1 aliphatic carbocycles. The van der Waals surface area contributed by atoms with E-state index >= 15 is 0 Å². The number of nitro benzene ring substituents is 1. The van der Waals surface area contributed by atoms with Crippen molar-refractivity contribution in [3.05, 3.63) is 34.4 Å². The largest absolute Gasteiger partial charge is 0.488 e. The number of methoxy groups -OCH3 is 1. The van der Waals surface area contributed by atoms with Crippen LogP contribution in [0.15, 0.2) is 24.3 Å². The lowest BCUT2D eigenvalue weighted by atomic mass is 9.85. The van der Waals surface area contributed by atoms with Gasteiger partial charge in [-0.15, -0.1) is 0 Å². The van der Waals surface area contributed by atoms with Crippen LogP contribution in [-0.4, -0.2) is 50.5 Å². The summed E-state index contributed by atoms with van der Waals surface area (Å²) < 4.78 is 16.5. The Labute approximate surface area is 123 Å². The van der Waals surface area contributed by atoms with Crippen LogP contribution in [0.4, 0.5) is 5.69 Å². The first-order valence-corrected chi connectivity index (χ1v) is 6.84. The molecule has 7 nitrogen and oxygen atoms in total. The second kappa shape index (κ2) is 7.35. The summed E-state index contributed by atoms with van der Waals surface area (Å²) in [5.74, 6) is 0.612. The van der Waals surface area contributed by atoms with Crippen molar-refractivity contribution in [2.75, 3.05) is 27.4 Å². The maximum absolute atomic E-state index is 10.6. The summed E-state index contributed by atoms with van der Waals surface area (Å²) >= 11 is 0. The van der Waals surface area contributed by atoms with Gasteiger partial charge in [0.15, 0.2) is 0 Å². The van der Waals surface area contributed by atoms with Gasteiger partial charge in [-0.3, -0.25) is 10.1 Å². The summed E-state index contributed by atoms with van der Waals surface area (Å²) in [6.45, 7) is 1.05. The number of ether oxygens (including phenoxy) is 3. The normalized spacial score (nSPS) is 24.4. The van der Waals surface area contributed by atoms with Gasteiger partial charge in [0.1, 0.15) is 18.0 Å². The van der Waals surface area contributed by atoms with Crippen molar-refractivity contribution in [2.45, 2.75) is 24.7 Å². The number of nitrogens with one attached hydrogen (secondary N) is 1. The Hall–Kier alpha value is -1.70. The third-order valence-electron chi connectivity index (χ3n) is 3.55. The van der Waals surface area contributed by atoms with Crippen LogP contribution in [0.5, 0.6) is 5.75 Å². The van der Waals surface area contributed by atoms with Crippen molar-refractivity contribution in [2.24, 2.45) is 0 Å². The molecule has 0 aromatic heterocycles. The highest BCUT2D eigenvalue weighted by Crippen LogP contribution is 2.29. The fourth-order valence-corrected chi connectivity index (χ4v) is 2.29. The number of likely N-dealkylation sites (N-methyl/N-ethyl adjacent to an activating group) is 1. The quantitative estimate of drug-likeness (QED) is 0.443. The lowest BCUT2D eigenvalue weighted by Gasteiger charge is -2.43. The molecule has 3 unspecified atom stereocenters. The van der Waals surface area contributed by atoms with Crippen molar-refractivity contribution >= 4 is 5.69 Å². The van der Waals surface area contributed by atoms with E-state index in [0.29, 0.717) is 19.0 Å². The van der Waals surface area contributed by atoms with Crippen LogP contribution in [0.2, 0.25) is 0 Å². The highest BCUT2D eigenvalue weighted by Gasteiger charge is 2.43. The van der Waals surface area contributed by atoms with Gasteiger partial charge >= 0.3 is 0 Å². The molecule has 21 heavy (non-hydrogen) atoms. The van der Waals surface area contributed by atoms with Crippen LogP contribution in [0.1, 0.15) is 6.42 Å². The third kappa shape index (κ3) is 3.90. The SMILES string of the molecule is CNC1CC(Oc2ccc([N+](=O)[O-])cc2)C1OCCOC. The lowest BCUT2D eigenvalue weighted by molar-refractivity contribution is -0.384. The van der Waals surface area contributed by atoms with E-state index in [2.05, 4.69) is 5.32 Å². The van der Waals surface area contributed by atoms with Crippen LogP contribution >= 0.6 is 0 Å². The standard InChI is InChI=1S/C14H20N2O5/c1-15-12-9-13(14(12)20-8-7-19-2)21-11-5-3-10(4-6-11)16(17)18/h3-6,12-15H,7-9H2,1-2H3. The van der Waals surface area contributed by atoms with Crippen LogP contribution in [0.25, 0.3) is 0 Å². The lowest BCUT2D eigenvalue weighted by Crippen LogP contribution is -2.60. The maximum Gasteiger partial charge on any atom is 0.269 e. The number of hydrogen-bond acceptors (Lipinski definition) is 6. The van der Waals surface area contributed by atoms with Gasteiger partial charge in [0.25, 0.3) is 5.69 Å². The zero-order valence-electron chi connectivity index (χ0n) is 12.2. The van der Waals surface area contributed by atoms with E-state index in [4.69, 9.17) is 14.2 Å². The molecule has 0 bridgehead atoms. The summed E-state index contributed by atoms with van der Waals surface area (Å²) in [5.41, 5.74) is 0.0527. The van der Waals surface area contributed by atoms with Crippen LogP contribution < -0.4 is 10.1 Å². The van der Waals surface area contributed by atoms with Crippen LogP contribution in [-0.2, 0) is 9.47 Å². The number of rotatable bonds is 8. The molecule has 1 N–H and O–H groups in total. The van der Waals surface area contributed by atoms with Crippen molar-refractivity contribution in [3.63, 3.8) is 0 Å². The molecule has 0 heterocycles. The zero-order valence-corrected chi connectivity index (χ0v) is 12.2. The molecule has 0 amide bonds. The average molecular weight is 296 g/mol. The molecular weight excluding hydrogens is 276 g/mol. The minimum Gasteiger partial charge on any atom is -0.488 e. The third-order valence-corrected chi connectivity index (χ3v) is 3.55. The first-order valence-electron chi connectivity index (χ1n) is 6.84. The monoisotopic (exact) mass is 296 g/mol. The van der Waals surface area contributed by atoms with E-state index in [-0.39, 0.29) is 23.9 Å². The summed E-state index contributed by atoms with van der Waals surface area (Å²) in [5, 5.41) is 13.8. The summed E-state index contributed by atoms with van der Waals surface area (Å²) in [4.78, 5) is 10.2. The van der Waals surface area contributed by atoms with Gasteiger partial charge in [-0.05, 0) is 19.2 Å². The number of nitro groups is 1. The highest BCUT2D eigenvalue weighted by molar-refractivity contribution is 5.36. The molecule has 1 fully saturated rings. The van der Waals surface area contributed by atoms with Gasteiger partial charge in [-0.1, -0.05) is 0 Å². The van der Waals surface area contributed by atoms with Crippen molar-refractivity contribution < 1.29 is 19.1 Å². The Kier molecular flexibility index (Phi) is 5.49. The molecule has 1 aliphatic rings. The Morgan fingerprint density at radius 1 is 1.33 bits per heavy atom. The van der Waals surface area contributed by atoms with Crippen LogP contribution in [0.3, 0.4) is 0 Å². The van der Waals surface area contributed by atoms with Crippen molar-refractivity contribution in [3.8, 4) is 5.75 Å². The van der Waals surface area contributed by atoms with E-state index in [1.165, 1.54) is 12.1 Å². The second-order valence-electron chi connectivity index (χ2n) is 4.87. The number of non-ortho nitro benzene ring substituents is 1. The highest BCUT2D eigenvalue weighted by atomic mass is 16.6. The zero-order chi connectivity index (χ0) is 15.2. The van der Waals surface area contributed by atoms with E-state index < -0.39 is 4.92 Å². The van der Waals surface area contributed by atoms with Gasteiger partial charge in [0.2, 0.25) is 0 Å². The molecule has 3 atom stereocenters. The minimum atomic E-state index is -0.430. The van der Waals surface area contributed by atoms with Crippen molar-refractivity contribution in [1.29, 1.82) is 0 Å². The van der Waals surface area contributed by atoms with Crippen LogP contribution in [0, 0.1) is 10.1 Å². The van der Waals surface area contributed by atoms with E-state index in [1.807, 2.05) is 7.05 Å². The number of benzene rings is 1. The molecule has 116 valence electrons. The minimum absolute atomic E-state index is 0.0414. The van der Waals surface area contributed by atoms with E-state index in [0.717, 1.165) is 6.42 Å². The molecule has 2 rings (SSSR count). The van der Waals surface area contributed by atoms with Gasteiger partial charge in [0, 0.05) is 31.7 Å². The molecule has 0 spiro atoms. The fourth-order valence-electron chi connectivity index (χ4n) is 2.29. The molecule has 1 aromatic carbocycles. The van der Waals surface area contributed by atoms with E-state index in [1.54, 1.807) is 19.2 Å². The number of hydrogen-bond donors (Lipinski definition) is 1. The molecule has 0 radical (unpaired) electrons. The Bertz CT molecular complexity index is 465. The fraction of sp³-hybridized carbons (Fsp3) is 0.571. The predicted octanol–water partition coefficient (Wildman–Crippen LogP) is 1.37. The first-order chi connectivity index (χ1) is 10.2. The Balaban J connectivity index is 1.90. The number of nitrogens with zero attached hydrogens (tertiary/aromatic N) is 1. The molecule has 1 saturated carbocycles. The maximum atomic E-state index is 10.6. The molecule has 7 heteroatoms. The van der Waals surface area contributed by atoms with Gasteiger partial charge in [-0.25, -0.2) is 0 Å². The van der Waals surface area contributed by atoms with E-state index in [9.17, 15) is 10.1 Å². The molecule has 1 aromatic rings.